The summed E-state index contributed by atoms with van der Waals surface area (Å²) in [7, 11) is 1.95. The number of anilines is 2. The Kier molecular flexibility index (Phi) is 2.98. The normalized spacial score (nSPS) is 14.4. The maximum atomic E-state index is 13.4. The van der Waals surface area contributed by atoms with Crippen LogP contribution in [-0.4, -0.2) is 26.0 Å². The third-order valence-corrected chi connectivity index (χ3v) is 4.00. The molecule has 3 nitrogen and oxygen atoms in total. The number of hydrogen-bond donors (Lipinski definition) is 0. The number of benzene rings is 1. The Bertz CT molecular complexity index is 612. The van der Waals surface area contributed by atoms with E-state index in [0.717, 1.165) is 12.2 Å². The number of thiophene rings is 1. The van der Waals surface area contributed by atoms with Crippen LogP contribution < -0.4 is 9.80 Å². The molecule has 3 rings (SSSR count). The maximum absolute atomic E-state index is 13.4. The molecule has 0 spiro atoms. The van der Waals surface area contributed by atoms with E-state index in [1.54, 1.807) is 17.0 Å². The first kappa shape index (κ1) is 12.2. The second-order valence-electron chi connectivity index (χ2n) is 4.52. The highest BCUT2D eigenvalue weighted by Crippen LogP contribution is 2.33. The van der Waals surface area contributed by atoms with E-state index < -0.39 is 0 Å². The van der Waals surface area contributed by atoms with Gasteiger partial charge in [-0.15, -0.1) is 0 Å². The molecular weight excluding hydrogens is 263 g/mol. The number of fused-ring (bicyclic) bond motifs is 1. The van der Waals surface area contributed by atoms with Crippen LogP contribution in [0.15, 0.2) is 35.0 Å². The van der Waals surface area contributed by atoms with Crippen molar-refractivity contribution in [2.24, 2.45) is 0 Å². The Morgan fingerprint density at radius 1 is 1.26 bits per heavy atom. The number of amides is 1. The quantitative estimate of drug-likeness (QED) is 0.799. The molecule has 1 aliphatic heterocycles. The molecule has 0 saturated heterocycles. The average Bonchev–Trinajstić information content (AvgIpc) is 2.92. The largest absolute Gasteiger partial charge is 0.371 e. The molecule has 1 aromatic carbocycles. The summed E-state index contributed by atoms with van der Waals surface area (Å²) in [6, 6.07) is 6.37. The van der Waals surface area contributed by atoms with Crippen molar-refractivity contribution in [2.75, 3.05) is 29.9 Å². The van der Waals surface area contributed by atoms with Gasteiger partial charge in [-0.1, -0.05) is 0 Å². The lowest BCUT2D eigenvalue weighted by atomic mass is 10.1. The molecule has 1 aliphatic rings. The van der Waals surface area contributed by atoms with Crippen molar-refractivity contribution < 1.29 is 9.18 Å². The lowest BCUT2D eigenvalue weighted by Crippen LogP contribution is -2.42. The standard InChI is InChI=1S/C14H13FN2OS/c1-16-5-6-17(14(18)10-4-7-19-9-10)13-8-11(15)2-3-12(13)16/h2-4,7-9H,5-6H2,1H3. The van der Waals surface area contributed by atoms with Gasteiger partial charge in [0.05, 0.1) is 16.9 Å². The Labute approximate surface area is 114 Å². The molecule has 2 aromatic rings. The first-order valence-electron chi connectivity index (χ1n) is 6.01. The summed E-state index contributed by atoms with van der Waals surface area (Å²) in [5.74, 6) is -0.390. The van der Waals surface area contributed by atoms with E-state index in [9.17, 15) is 9.18 Å². The smallest absolute Gasteiger partial charge is 0.259 e. The van der Waals surface area contributed by atoms with Crippen LogP contribution in [0.5, 0.6) is 0 Å². The van der Waals surface area contributed by atoms with Gasteiger partial charge >= 0.3 is 0 Å². The minimum atomic E-state index is -0.322. The fourth-order valence-electron chi connectivity index (χ4n) is 2.28. The first-order valence-corrected chi connectivity index (χ1v) is 6.96. The number of rotatable bonds is 1. The van der Waals surface area contributed by atoms with Gasteiger partial charge in [0.25, 0.3) is 5.91 Å². The van der Waals surface area contributed by atoms with Gasteiger partial charge in [-0.2, -0.15) is 11.3 Å². The SMILES string of the molecule is CN1CCN(C(=O)c2ccsc2)c2cc(F)ccc21. The van der Waals surface area contributed by atoms with Crippen LogP contribution in [0.3, 0.4) is 0 Å². The highest BCUT2D eigenvalue weighted by molar-refractivity contribution is 7.08. The summed E-state index contributed by atoms with van der Waals surface area (Å²) < 4.78 is 13.4. The summed E-state index contributed by atoms with van der Waals surface area (Å²) in [5, 5.41) is 3.69. The molecule has 0 saturated carbocycles. The predicted molar refractivity (Wildman–Crippen MR) is 75.7 cm³/mol. The molecule has 5 heteroatoms. The number of carbonyl (C=O) groups excluding carboxylic acids is 1. The topological polar surface area (TPSA) is 23.6 Å². The van der Waals surface area contributed by atoms with Crippen molar-refractivity contribution >= 4 is 28.6 Å². The average molecular weight is 276 g/mol. The lowest BCUT2D eigenvalue weighted by Gasteiger charge is -2.35. The fraction of sp³-hybridized carbons (Fsp3) is 0.214. The van der Waals surface area contributed by atoms with Crippen molar-refractivity contribution in [2.45, 2.75) is 0 Å². The fourth-order valence-corrected chi connectivity index (χ4v) is 2.91. The van der Waals surface area contributed by atoms with Crippen LogP contribution in [0.1, 0.15) is 10.4 Å². The van der Waals surface area contributed by atoms with Crippen LogP contribution in [0.25, 0.3) is 0 Å². The number of carbonyl (C=O) groups is 1. The van der Waals surface area contributed by atoms with Crippen LogP contribution in [-0.2, 0) is 0 Å². The zero-order chi connectivity index (χ0) is 13.4. The van der Waals surface area contributed by atoms with Crippen LogP contribution in [0.4, 0.5) is 15.8 Å². The monoisotopic (exact) mass is 276 g/mol. The van der Waals surface area contributed by atoms with Gasteiger partial charge in [0.2, 0.25) is 0 Å². The van der Waals surface area contributed by atoms with E-state index in [1.807, 2.05) is 22.7 Å². The summed E-state index contributed by atoms with van der Waals surface area (Å²) in [6.07, 6.45) is 0. The maximum Gasteiger partial charge on any atom is 0.259 e. The predicted octanol–water partition coefficient (Wildman–Crippen LogP) is 2.98. The molecule has 0 unspecified atom stereocenters. The van der Waals surface area contributed by atoms with Gasteiger partial charge in [0.1, 0.15) is 5.82 Å². The van der Waals surface area contributed by atoms with E-state index in [4.69, 9.17) is 0 Å². The van der Waals surface area contributed by atoms with Gasteiger partial charge in [0.15, 0.2) is 0 Å². The van der Waals surface area contributed by atoms with Crippen LogP contribution in [0, 0.1) is 5.82 Å². The van der Waals surface area contributed by atoms with Crippen LogP contribution in [0.2, 0.25) is 0 Å². The second-order valence-corrected chi connectivity index (χ2v) is 5.30. The number of halogens is 1. The summed E-state index contributed by atoms with van der Waals surface area (Å²) >= 11 is 1.48. The van der Waals surface area contributed by atoms with Gasteiger partial charge in [-0.25, -0.2) is 4.39 Å². The zero-order valence-electron chi connectivity index (χ0n) is 10.5. The van der Waals surface area contributed by atoms with Gasteiger partial charge in [0, 0.05) is 25.5 Å². The molecule has 1 aromatic heterocycles. The van der Waals surface area contributed by atoms with Gasteiger partial charge in [-0.3, -0.25) is 4.79 Å². The first-order chi connectivity index (χ1) is 9.16. The third-order valence-electron chi connectivity index (χ3n) is 3.31. The molecule has 2 heterocycles. The number of nitrogens with zero attached hydrogens (tertiary/aromatic N) is 2. The summed E-state index contributed by atoms with van der Waals surface area (Å²) in [6.45, 7) is 1.32. The lowest BCUT2D eigenvalue weighted by molar-refractivity contribution is 0.0987. The molecule has 0 radical (unpaired) electrons. The van der Waals surface area contributed by atoms with E-state index in [1.165, 1.54) is 23.5 Å². The Balaban J connectivity index is 2.03. The zero-order valence-corrected chi connectivity index (χ0v) is 11.3. The molecule has 98 valence electrons. The number of hydrogen-bond acceptors (Lipinski definition) is 3. The second kappa shape index (κ2) is 4.66. The van der Waals surface area contributed by atoms with Gasteiger partial charge in [-0.05, 0) is 29.6 Å². The highest BCUT2D eigenvalue weighted by atomic mass is 32.1. The van der Waals surface area contributed by atoms with E-state index >= 15 is 0 Å². The van der Waals surface area contributed by atoms with Crippen molar-refractivity contribution in [3.8, 4) is 0 Å². The van der Waals surface area contributed by atoms with Crippen LogP contribution >= 0.6 is 11.3 Å². The summed E-state index contributed by atoms with van der Waals surface area (Å²) in [5.41, 5.74) is 2.19. The minimum absolute atomic E-state index is 0.0683. The van der Waals surface area contributed by atoms with Crippen molar-refractivity contribution in [1.82, 2.24) is 0 Å². The molecule has 0 N–H and O–H groups in total. The molecule has 19 heavy (non-hydrogen) atoms. The molecule has 1 amide bonds. The molecule has 0 aliphatic carbocycles. The van der Waals surface area contributed by atoms with E-state index in [2.05, 4.69) is 0 Å². The molecule has 0 fully saturated rings. The Hall–Kier alpha value is -1.88. The Morgan fingerprint density at radius 2 is 2.11 bits per heavy atom. The van der Waals surface area contributed by atoms with Crippen molar-refractivity contribution in [1.29, 1.82) is 0 Å². The summed E-state index contributed by atoms with van der Waals surface area (Å²) in [4.78, 5) is 16.1. The minimum Gasteiger partial charge on any atom is -0.371 e. The Morgan fingerprint density at radius 3 is 2.84 bits per heavy atom. The number of likely N-dealkylation sites (N-methyl/N-ethyl adjacent to an activating group) is 1. The van der Waals surface area contributed by atoms with E-state index in [0.29, 0.717) is 17.8 Å². The van der Waals surface area contributed by atoms with Gasteiger partial charge < -0.3 is 9.80 Å². The highest BCUT2D eigenvalue weighted by Gasteiger charge is 2.26. The molecular formula is C14H13FN2OS. The third kappa shape index (κ3) is 2.10. The van der Waals surface area contributed by atoms with Crippen molar-refractivity contribution in [3.05, 3.63) is 46.4 Å². The molecule has 0 atom stereocenters. The van der Waals surface area contributed by atoms with Crippen molar-refractivity contribution in [3.63, 3.8) is 0 Å². The molecule has 0 bridgehead atoms. The van der Waals surface area contributed by atoms with E-state index in [-0.39, 0.29) is 11.7 Å².